The molecule has 2 aromatic rings. The molecule has 1 amide bonds. The van der Waals surface area contributed by atoms with E-state index in [0.717, 1.165) is 18.4 Å². The third-order valence-electron chi connectivity index (χ3n) is 4.83. The first-order valence-corrected chi connectivity index (χ1v) is 8.76. The number of carbonyl (C=O) groups excluding carboxylic acids is 1. The molecule has 1 N–H and O–H groups in total. The van der Waals surface area contributed by atoms with Crippen LogP contribution in [-0.4, -0.2) is 42.2 Å². The number of benzene rings is 2. The molecule has 0 bridgehead atoms. The summed E-state index contributed by atoms with van der Waals surface area (Å²) in [5.41, 5.74) is 2.87. The zero-order valence-electron chi connectivity index (χ0n) is 14.6. The summed E-state index contributed by atoms with van der Waals surface area (Å²) in [7, 11) is 1.64. The average Bonchev–Trinajstić information content (AvgIpc) is 2.64. The Morgan fingerprint density at radius 1 is 1.16 bits per heavy atom. The van der Waals surface area contributed by atoms with Crippen LogP contribution in [0, 0.1) is 5.92 Å². The first-order valence-electron chi connectivity index (χ1n) is 8.76. The van der Waals surface area contributed by atoms with Crippen molar-refractivity contribution < 1.29 is 14.6 Å². The second-order valence-electron chi connectivity index (χ2n) is 6.69. The summed E-state index contributed by atoms with van der Waals surface area (Å²) in [6, 6.07) is 17.7. The minimum atomic E-state index is -0.486. The van der Waals surface area contributed by atoms with Crippen molar-refractivity contribution >= 4 is 5.91 Å². The number of rotatable bonds is 5. The monoisotopic (exact) mass is 339 g/mol. The number of piperidine rings is 1. The number of aliphatic hydroxyl groups is 1. The molecule has 25 heavy (non-hydrogen) atoms. The van der Waals surface area contributed by atoms with Crippen molar-refractivity contribution in [3.63, 3.8) is 0 Å². The predicted octanol–water partition coefficient (Wildman–Crippen LogP) is 2.90. The van der Waals surface area contributed by atoms with Crippen LogP contribution in [0.4, 0.5) is 0 Å². The van der Waals surface area contributed by atoms with E-state index < -0.39 is 6.10 Å². The first-order chi connectivity index (χ1) is 12.2. The van der Waals surface area contributed by atoms with Crippen molar-refractivity contribution in [2.24, 2.45) is 5.92 Å². The van der Waals surface area contributed by atoms with Crippen molar-refractivity contribution in [2.75, 3.05) is 20.2 Å². The van der Waals surface area contributed by atoms with Crippen molar-refractivity contribution in [2.45, 2.75) is 25.6 Å². The maximum Gasteiger partial charge on any atom is 0.253 e. The zero-order chi connectivity index (χ0) is 17.6. The number of amides is 1. The molecule has 2 atom stereocenters. The third-order valence-corrected chi connectivity index (χ3v) is 4.83. The lowest BCUT2D eigenvalue weighted by atomic mass is 9.87. The summed E-state index contributed by atoms with van der Waals surface area (Å²) in [6.07, 6.45) is 1.19. The summed E-state index contributed by atoms with van der Waals surface area (Å²) >= 11 is 0. The molecule has 1 aliphatic rings. The lowest BCUT2D eigenvalue weighted by Crippen LogP contribution is -2.47. The Morgan fingerprint density at radius 3 is 2.64 bits per heavy atom. The smallest absolute Gasteiger partial charge is 0.253 e. The zero-order valence-corrected chi connectivity index (χ0v) is 14.6. The molecular formula is C21H25NO3. The highest BCUT2D eigenvalue weighted by atomic mass is 16.5. The van der Waals surface area contributed by atoms with E-state index >= 15 is 0 Å². The van der Waals surface area contributed by atoms with Gasteiger partial charge in [-0.1, -0.05) is 42.5 Å². The predicted molar refractivity (Wildman–Crippen MR) is 97.3 cm³/mol. The Bertz CT molecular complexity index is 701. The van der Waals surface area contributed by atoms with E-state index in [0.29, 0.717) is 25.3 Å². The molecule has 1 aliphatic heterocycles. The molecule has 2 aromatic carbocycles. The Labute approximate surface area is 149 Å². The molecule has 0 radical (unpaired) electrons. The molecule has 1 fully saturated rings. The lowest BCUT2D eigenvalue weighted by Gasteiger charge is -2.36. The van der Waals surface area contributed by atoms with Crippen LogP contribution in [0.1, 0.15) is 27.9 Å². The highest BCUT2D eigenvalue weighted by molar-refractivity contribution is 5.94. The fourth-order valence-electron chi connectivity index (χ4n) is 3.46. The maximum absolute atomic E-state index is 12.7. The van der Waals surface area contributed by atoms with Gasteiger partial charge in [-0.05, 0) is 42.0 Å². The second kappa shape index (κ2) is 8.28. The first kappa shape index (κ1) is 17.6. The number of nitrogens with zero attached hydrogens (tertiary/aromatic N) is 1. The van der Waals surface area contributed by atoms with E-state index in [9.17, 15) is 9.90 Å². The van der Waals surface area contributed by atoms with Crippen molar-refractivity contribution in [1.82, 2.24) is 4.90 Å². The maximum atomic E-state index is 12.7. The van der Waals surface area contributed by atoms with Gasteiger partial charge in [-0.25, -0.2) is 0 Å². The van der Waals surface area contributed by atoms with Crippen molar-refractivity contribution in [3.8, 4) is 0 Å². The Balaban J connectivity index is 1.62. The molecule has 4 nitrogen and oxygen atoms in total. The number of likely N-dealkylation sites (tertiary alicyclic amines) is 1. The van der Waals surface area contributed by atoms with Gasteiger partial charge in [0.05, 0.1) is 12.7 Å². The minimum absolute atomic E-state index is 0.0184. The van der Waals surface area contributed by atoms with Crippen LogP contribution in [0.3, 0.4) is 0 Å². The molecule has 0 aliphatic carbocycles. The summed E-state index contributed by atoms with van der Waals surface area (Å²) in [4.78, 5) is 14.5. The quantitative estimate of drug-likeness (QED) is 0.911. The summed E-state index contributed by atoms with van der Waals surface area (Å²) < 4.78 is 5.13. The van der Waals surface area contributed by atoms with Crippen LogP contribution >= 0.6 is 0 Å². The minimum Gasteiger partial charge on any atom is -0.391 e. The van der Waals surface area contributed by atoms with Gasteiger partial charge in [-0.15, -0.1) is 0 Å². The molecule has 1 heterocycles. The molecule has 0 saturated carbocycles. The van der Waals surface area contributed by atoms with Crippen molar-refractivity contribution in [3.05, 3.63) is 71.3 Å². The van der Waals surface area contributed by atoms with Crippen LogP contribution in [0.2, 0.25) is 0 Å². The Kier molecular flexibility index (Phi) is 5.84. The average molecular weight is 339 g/mol. The van der Waals surface area contributed by atoms with E-state index in [2.05, 4.69) is 12.1 Å². The van der Waals surface area contributed by atoms with E-state index in [1.165, 1.54) is 5.56 Å². The highest BCUT2D eigenvalue weighted by Gasteiger charge is 2.30. The Hall–Kier alpha value is -2.17. The number of hydrogen-bond acceptors (Lipinski definition) is 3. The number of β-amino-alcohol motifs (C(OH)–C–C–N with tert-alkyl or cyclic N) is 1. The van der Waals surface area contributed by atoms with E-state index in [4.69, 9.17) is 4.74 Å². The molecule has 132 valence electrons. The van der Waals surface area contributed by atoms with Crippen LogP contribution in [0.5, 0.6) is 0 Å². The van der Waals surface area contributed by atoms with Gasteiger partial charge in [0.2, 0.25) is 0 Å². The van der Waals surface area contributed by atoms with E-state index in [-0.39, 0.29) is 11.8 Å². The summed E-state index contributed by atoms with van der Waals surface area (Å²) in [6.45, 7) is 1.57. The number of aliphatic hydroxyl groups excluding tert-OH is 1. The SMILES string of the molecule is COCc1cccc(C(=O)N2CC[C@H](Cc3ccccc3)[C@H](O)C2)c1. The van der Waals surface area contributed by atoms with Crippen LogP contribution in [0.15, 0.2) is 54.6 Å². The molecule has 1 saturated heterocycles. The third kappa shape index (κ3) is 4.47. The summed E-state index contributed by atoms with van der Waals surface area (Å²) in [5.74, 6) is 0.182. The van der Waals surface area contributed by atoms with Gasteiger partial charge < -0.3 is 14.7 Å². The van der Waals surface area contributed by atoms with Crippen LogP contribution in [0.25, 0.3) is 0 Å². The van der Waals surface area contributed by atoms with E-state index in [1.807, 2.05) is 42.5 Å². The number of ether oxygens (including phenoxy) is 1. The van der Waals surface area contributed by atoms with Gasteiger partial charge in [0.15, 0.2) is 0 Å². The highest BCUT2D eigenvalue weighted by Crippen LogP contribution is 2.23. The summed E-state index contributed by atoms with van der Waals surface area (Å²) in [5, 5.41) is 10.5. The van der Waals surface area contributed by atoms with Crippen LogP contribution in [-0.2, 0) is 17.8 Å². The van der Waals surface area contributed by atoms with Gasteiger partial charge in [-0.3, -0.25) is 4.79 Å². The molecule has 3 rings (SSSR count). The topological polar surface area (TPSA) is 49.8 Å². The molecule has 0 unspecified atom stereocenters. The fourth-order valence-corrected chi connectivity index (χ4v) is 3.46. The van der Waals surface area contributed by atoms with Crippen LogP contribution < -0.4 is 0 Å². The van der Waals surface area contributed by atoms with Gasteiger partial charge in [0.25, 0.3) is 5.91 Å². The van der Waals surface area contributed by atoms with E-state index in [1.54, 1.807) is 12.0 Å². The Morgan fingerprint density at radius 2 is 1.92 bits per heavy atom. The standard InChI is InChI=1S/C21H25NO3/c1-25-15-17-8-5-9-19(13-17)21(24)22-11-10-18(20(23)14-22)12-16-6-3-2-4-7-16/h2-9,13,18,20,23H,10-12,14-15H2,1H3/t18-,20-/m1/s1. The number of hydrogen-bond donors (Lipinski definition) is 1. The fraction of sp³-hybridized carbons (Fsp3) is 0.381. The van der Waals surface area contributed by atoms with Gasteiger partial charge in [0, 0.05) is 25.8 Å². The number of carbonyl (C=O) groups is 1. The van der Waals surface area contributed by atoms with Gasteiger partial charge in [0.1, 0.15) is 0 Å². The molecule has 0 spiro atoms. The normalized spacial score (nSPS) is 20.5. The molecular weight excluding hydrogens is 314 g/mol. The molecule has 0 aromatic heterocycles. The number of methoxy groups -OCH3 is 1. The molecule has 4 heteroatoms. The second-order valence-corrected chi connectivity index (χ2v) is 6.69. The largest absolute Gasteiger partial charge is 0.391 e. The van der Waals surface area contributed by atoms with Gasteiger partial charge >= 0.3 is 0 Å². The van der Waals surface area contributed by atoms with Gasteiger partial charge in [-0.2, -0.15) is 0 Å². The lowest BCUT2D eigenvalue weighted by molar-refractivity contribution is 0.0198. The van der Waals surface area contributed by atoms with Crippen molar-refractivity contribution in [1.29, 1.82) is 0 Å².